The first kappa shape index (κ1) is 21.9. The molecule has 28 heavy (non-hydrogen) atoms. The number of carbonyl (C=O) groups excluding carboxylic acids is 1. The van der Waals surface area contributed by atoms with Crippen molar-refractivity contribution in [1.29, 1.82) is 0 Å². The zero-order valence-corrected chi connectivity index (χ0v) is 17.2. The van der Waals surface area contributed by atoms with Crippen LogP contribution in [-0.2, 0) is 4.79 Å². The fourth-order valence-corrected chi connectivity index (χ4v) is 3.08. The number of ether oxygens (including phenoxy) is 2. The highest BCUT2D eigenvalue weighted by molar-refractivity contribution is 5.85. The molecule has 1 saturated heterocycles. The molecule has 150 valence electrons. The van der Waals surface area contributed by atoms with Gasteiger partial charge in [0, 0.05) is 6.21 Å². The van der Waals surface area contributed by atoms with E-state index in [1.807, 2.05) is 43.3 Å². The molecule has 0 unspecified atom stereocenters. The SMILES string of the molecule is COc1cc(C=Nc2ccc(C)cc2)ccc1OC(=O)CN1CCCCC1.Cl. The van der Waals surface area contributed by atoms with Crippen molar-refractivity contribution in [1.82, 2.24) is 4.90 Å². The summed E-state index contributed by atoms with van der Waals surface area (Å²) in [5, 5.41) is 0. The molecule has 6 heteroatoms. The standard InChI is InChI=1S/C22H26N2O3.ClH/c1-17-6-9-19(10-7-17)23-15-18-8-11-20(21(14-18)26-2)27-22(25)16-24-12-4-3-5-13-24;/h6-11,14-15H,3-5,12-13,16H2,1-2H3;1H. The Balaban J connectivity index is 0.00000280. The highest BCUT2D eigenvalue weighted by Gasteiger charge is 2.16. The van der Waals surface area contributed by atoms with Gasteiger partial charge < -0.3 is 9.47 Å². The molecular formula is C22H27ClN2O3. The van der Waals surface area contributed by atoms with E-state index in [9.17, 15) is 4.79 Å². The highest BCUT2D eigenvalue weighted by atomic mass is 35.5. The zero-order valence-electron chi connectivity index (χ0n) is 16.4. The van der Waals surface area contributed by atoms with E-state index in [2.05, 4.69) is 9.89 Å². The molecule has 5 nitrogen and oxygen atoms in total. The van der Waals surface area contributed by atoms with Gasteiger partial charge >= 0.3 is 5.97 Å². The molecule has 0 aromatic heterocycles. The van der Waals surface area contributed by atoms with Crippen molar-refractivity contribution in [3.63, 3.8) is 0 Å². The molecule has 0 spiro atoms. The van der Waals surface area contributed by atoms with Gasteiger partial charge in [-0.1, -0.05) is 24.1 Å². The summed E-state index contributed by atoms with van der Waals surface area (Å²) >= 11 is 0. The van der Waals surface area contributed by atoms with E-state index in [4.69, 9.17) is 9.47 Å². The molecule has 0 N–H and O–H groups in total. The first-order chi connectivity index (χ1) is 13.1. The van der Waals surface area contributed by atoms with Gasteiger partial charge in [-0.05, 0) is 68.8 Å². The van der Waals surface area contributed by atoms with E-state index >= 15 is 0 Å². The Morgan fingerprint density at radius 3 is 2.46 bits per heavy atom. The van der Waals surface area contributed by atoms with Crippen LogP contribution in [0.15, 0.2) is 47.5 Å². The van der Waals surface area contributed by atoms with Crippen LogP contribution in [0, 0.1) is 6.92 Å². The Morgan fingerprint density at radius 1 is 1.07 bits per heavy atom. The van der Waals surface area contributed by atoms with Crippen LogP contribution < -0.4 is 9.47 Å². The molecule has 0 saturated carbocycles. The summed E-state index contributed by atoms with van der Waals surface area (Å²) < 4.78 is 10.9. The van der Waals surface area contributed by atoms with Gasteiger partial charge in [0.05, 0.1) is 19.3 Å². The van der Waals surface area contributed by atoms with Crippen molar-refractivity contribution in [2.24, 2.45) is 4.99 Å². The second kappa shape index (κ2) is 10.8. The maximum absolute atomic E-state index is 12.2. The molecule has 2 aromatic rings. The number of piperidine rings is 1. The normalized spacial score (nSPS) is 14.5. The Morgan fingerprint density at radius 2 is 1.79 bits per heavy atom. The topological polar surface area (TPSA) is 51.1 Å². The number of hydrogen-bond acceptors (Lipinski definition) is 5. The fraction of sp³-hybridized carbons (Fsp3) is 0.364. The van der Waals surface area contributed by atoms with Gasteiger partial charge in [0.1, 0.15) is 0 Å². The molecule has 1 fully saturated rings. The first-order valence-corrected chi connectivity index (χ1v) is 9.36. The monoisotopic (exact) mass is 402 g/mol. The summed E-state index contributed by atoms with van der Waals surface area (Å²) in [4.78, 5) is 18.8. The molecule has 1 heterocycles. The maximum Gasteiger partial charge on any atom is 0.325 e. The molecule has 2 aromatic carbocycles. The third-order valence-electron chi connectivity index (χ3n) is 4.61. The highest BCUT2D eigenvalue weighted by Crippen LogP contribution is 2.28. The van der Waals surface area contributed by atoms with Crippen molar-refractivity contribution in [2.45, 2.75) is 26.2 Å². The maximum atomic E-state index is 12.2. The number of hydrogen-bond donors (Lipinski definition) is 0. The number of halogens is 1. The quantitative estimate of drug-likeness (QED) is 0.403. The first-order valence-electron chi connectivity index (χ1n) is 9.36. The lowest BCUT2D eigenvalue weighted by atomic mass is 10.1. The molecule has 0 amide bonds. The van der Waals surface area contributed by atoms with Gasteiger partial charge in [-0.2, -0.15) is 0 Å². The van der Waals surface area contributed by atoms with Crippen LogP contribution in [0.3, 0.4) is 0 Å². The number of rotatable bonds is 6. The molecule has 1 aliphatic heterocycles. The van der Waals surface area contributed by atoms with Crippen molar-refractivity contribution in [3.8, 4) is 11.5 Å². The lowest BCUT2D eigenvalue weighted by Gasteiger charge is -2.25. The van der Waals surface area contributed by atoms with Gasteiger partial charge in [0.2, 0.25) is 0 Å². The smallest absolute Gasteiger partial charge is 0.325 e. The van der Waals surface area contributed by atoms with Gasteiger partial charge in [0.15, 0.2) is 11.5 Å². The summed E-state index contributed by atoms with van der Waals surface area (Å²) in [6.45, 7) is 4.28. The summed E-state index contributed by atoms with van der Waals surface area (Å²) in [6, 6.07) is 13.4. The number of aliphatic imine (C=N–C) groups is 1. The third kappa shape index (κ3) is 6.36. The van der Waals surface area contributed by atoms with Crippen molar-refractivity contribution in [2.75, 3.05) is 26.7 Å². The van der Waals surface area contributed by atoms with Gasteiger partial charge in [-0.25, -0.2) is 0 Å². The summed E-state index contributed by atoms with van der Waals surface area (Å²) in [7, 11) is 1.57. The van der Waals surface area contributed by atoms with Crippen LogP contribution in [0.5, 0.6) is 11.5 Å². The molecule has 1 aliphatic rings. The number of esters is 1. The average Bonchev–Trinajstić information content (AvgIpc) is 2.69. The Kier molecular flexibility index (Phi) is 8.48. The molecular weight excluding hydrogens is 376 g/mol. The zero-order chi connectivity index (χ0) is 19.1. The molecule has 0 aliphatic carbocycles. The number of likely N-dealkylation sites (tertiary alicyclic amines) is 1. The van der Waals surface area contributed by atoms with E-state index in [1.165, 1.54) is 12.0 Å². The van der Waals surface area contributed by atoms with E-state index < -0.39 is 0 Å². The number of aryl methyl sites for hydroxylation is 1. The summed E-state index contributed by atoms with van der Waals surface area (Å²) in [6.07, 6.45) is 5.30. The second-order valence-corrected chi connectivity index (χ2v) is 6.81. The van der Waals surface area contributed by atoms with Crippen LogP contribution in [0.25, 0.3) is 0 Å². The van der Waals surface area contributed by atoms with E-state index in [-0.39, 0.29) is 18.4 Å². The minimum Gasteiger partial charge on any atom is -0.493 e. The van der Waals surface area contributed by atoms with Crippen LogP contribution in [0.1, 0.15) is 30.4 Å². The number of methoxy groups -OCH3 is 1. The van der Waals surface area contributed by atoms with Gasteiger partial charge in [-0.3, -0.25) is 14.7 Å². The van der Waals surface area contributed by atoms with Crippen LogP contribution in [0.2, 0.25) is 0 Å². The minimum absolute atomic E-state index is 0. The number of nitrogens with zero attached hydrogens (tertiary/aromatic N) is 2. The predicted octanol–water partition coefficient (Wildman–Crippen LogP) is 4.57. The van der Waals surface area contributed by atoms with Gasteiger partial charge in [-0.15, -0.1) is 12.4 Å². The largest absolute Gasteiger partial charge is 0.493 e. The molecule has 3 rings (SSSR count). The van der Waals surface area contributed by atoms with Crippen LogP contribution >= 0.6 is 12.4 Å². The predicted molar refractivity (Wildman–Crippen MR) is 115 cm³/mol. The molecule has 0 atom stereocenters. The summed E-state index contributed by atoms with van der Waals surface area (Å²) in [5.74, 6) is 0.707. The van der Waals surface area contributed by atoms with Crippen molar-refractivity contribution < 1.29 is 14.3 Å². The van der Waals surface area contributed by atoms with Crippen LogP contribution in [-0.4, -0.2) is 43.8 Å². The third-order valence-corrected chi connectivity index (χ3v) is 4.61. The van der Waals surface area contributed by atoms with E-state index in [1.54, 1.807) is 19.4 Å². The average molecular weight is 403 g/mol. The number of benzene rings is 2. The minimum atomic E-state index is -0.253. The second-order valence-electron chi connectivity index (χ2n) is 6.81. The Labute approximate surface area is 172 Å². The summed E-state index contributed by atoms with van der Waals surface area (Å²) in [5.41, 5.74) is 2.96. The van der Waals surface area contributed by atoms with E-state index in [0.717, 1.165) is 37.2 Å². The lowest BCUT2D eigenvalue weighted by Crippen LogP contribution is -2.36. The molecule has 0 radical (unpaired) electrons. The van der Waals surface area contributed by atoms with Crippen molar-refractivity contribution >= 4 is 30.3 Å². The Bertz CT molecular complexity index is 800. The Hall–Kier alpha value is -2.37. The lowest BCUT2D eigenvalue weighted by molar-refractivity contribution is -0.136. The van der Waals surface area contributed by atoms with Crippen molar-refractivity contribution in [3.05, 3.63) is 53.6 Å². The van der Waals surface area contributed by atoms with E-state index in [0.29, 0.717) is 18.0 Å². The van der Waals surface area contributed by atoms with Gasteiger partial charge in [0.25, 0.3) is 0 Å². The number of carbonyl (C=O) groups is 1. The molecule has 0 bridgehead atoms. The fourth-order valence-electron chi connectivity index (χ4n) is 3.08. The van der Waals surface area contributed by atoms with Crippen LogP contribution in [0.4, 0.5) is 5.69 Å².